The zero-order chi connectivity index (χ0) is 14.8. The topological polar surface area (TPSA) is 51.2 Å². The number of carbonyl (C=O) groups excluding carboxylic acids is 1. The van der Waals surface area contributed by atoms with Crippen LogP contribution in [0.15, 0.2) is 5.38 Å². The van der Waals surface area contributed by atoms with Crippen LogP contribution in [0.1, 0.15) is 52.1 Å². The molecule has 0 saturated heterocycles. The number of esters is 1. The molecule has 0 aliphatic heterocycles. The lowest BCUT2D eigenvalue weighted by molar-refractivity contribution is -0.143. The Bertz CT molecular complexity index is 391. The van der Waals surface area contributed by atoms with E-state index in [0.29, 0.717) is 19.4 Å². The van der Waals surface area contributed by atoms with E-state index in [2.05, 4.69) is 24.1 Å². The second-order valence-corrected chi connectivity index (χ2v) is 6.12. The molecule has 1 aromatic heterocycles. The number of carbonyl (C=O) groups is 1. The van der Waals surface area contributed by atoms with Crippen LogP contribution in [0.2, 0.25) is 0 Å². The van der Waals surface area contributed by atoms with E-state index in [4.69, 9.17) is 4.74 Å². The molecule has 0 aliphatic rings. The molecule has 0 fully saturated rings. The van der Waals surface area contributed by atoms with Gasteiger partial charge in [0, 0.05) is 18.3 Å². The van der Waals surface area contributed by atoms with Gasteiger partial charge in [0.15, 0.2) is 5.13 Å². The number of aryl methyl sites for hydroxylation is 1. The van der Waals surface area contributed by atoms with Gasteiger partial charge in [0.05, 0.1) is 18.7 Å². The minimum Gasteiger partial charge on any atom is -0.466 e. The van der Waals surface area contributed by atoms with Crippen molar-refractivity contribution in [3.63, 3.8) is 0 Å². The molecular formula is C15H26N2O2S. The van der Waals surface area contributed by atoms with Crippen LogP contribution in [-0.4, -0.2) is 24.1 Å². The minimum atomic E-state index is -0.149. The lowest BCUT2D eigenvalue weighted by Crippen LogP contribution is -2.05. The number of aromatic nitrogens is 1. The van der Waals surface area contributed by atoms with Crippen molar-refractivity contribution < 1.29 is 9.53 Å². The molecule has 0 aliphatic carbocycles. The van der Waals surface area contributed by atoms with Crippen LogP contribution >= 0.6 is 11.3 Å². The predicted octanol–water partition coefficient (Wildman–Crippen LogP) is 3.88. The maximum Gasteiger partial charge on any atom is 0.306 e. The van der Waals surface area contributed by atoms with Gasteiger partial charge in [-0.05, 0) is 19.3 Å². The predicted molar refractivity (Wildman–Crippen MR) is 84.2 cm³/mol. The Morgan fingerprint density at radius 3 is 2.95 bits per heavy atom. The maximum absolute atomic E-state index is 11.3. The molecule has 0 atom stereocenters. The summed E-state index contributed by atoms with van der Waals surface area (Å²) in [6, 6.07) is 0. The van der Waals surface area contributed by atoms with Crippen molar-refractivity contribution >= 4 is 22.4 Å². The first-order chi connectivity index (χ1) is 9.61. The molecule has 0 radical (unpaired) electrons. The zero-order valence-electron chi connectivity index (χ0n) is 12.8. The lowest BCUT2D eigenvalue weighted by atomic mass is 10.1. The highest BCUT2D eigenvalue weighted by atomic mass is 32.1. The van der Waals surface area contributed by atoms with Crippen molar-refractivity contribution in [1.29, 1.82) is 0 Å². The largest absolute Gasteiger partial charge is 0.466 e. The van der Waals surface area contributed by atoms with Gasteiger partial charge >= 0.3 is 5.97 Å². The first-order valence-electron chi connectivity index (χ1n) is 7.45. The van der Waals surface area contributed by atoms with Crippen molar-refractivity contribution in [2.75, 3.05) is 18.5 Å². The Kier molecular flexibility index (Phi) is 8.26. The number of thiazole rings is 1. The first kappa shape index (κ1) is 17.0. The van der Waals surface area contributed by atoms with Crippen molar-refractivity contribution in [2.45, 2.75) is 52.9 Å². The SMILES string of the molecule is CCOC(=O)CCc1csc(NCCCCC(C)C)n1. The quantitative estimate of drug-likeness (QED) is 0.526. The summed E-state index contributed by atoms with van der Waals surface area (Å²) in [5.74, 6) is 0.632. The molecule has 1 rings (SSSR count). The molecule has 0 saturated carbocycles. The van der Waals surface area contributed by atoms with E-state index in [0.717, 1.165) is 23.3 Å². The standard InChI is InChI=1S/C15H26N2O2S/c1-4-19-14(18)9-8-13-11-20-15(17-13)16-10-6-5-7-12(2)3/h11-12H,4-10H2,1-3H3,(H,16,17). The van der Waals surface area contributed by atoms with E-state index >= 15 is 0 Å². The van der Waals surface area contributed by atoms with Crippen molar-refractivity contribution in [2.24, 2.45) is 5.92 Å². The number of hydrogen-bond donors (Lipinski definition) is 1. The van der Waals surface area contributed by atoms with Gasteiger partial charge in [0.2, 0.25) is 0 Å². The van der Waals surface area contributed by atoms with Gasteiger partial charge < -0.3 is 10.1 Å². The normalized spacial score (nSPS) is 10.8. The minimum absolute atomic E-state index is 0.149. The Morgan fingerprint density at radius 1 is 1.45 bits per heavy atom. The third-order valence-electron chi connectivity index (χ3n) is 2.93. The number of hydrogen-bond acceptors (Lipinski definition) is 5. The highest BCUT2D eigenvalue weighted by Gasteiger charge is 2.06. The number of nitrogens with zero attached hydrogens (tertiary/aromatic N) is 1. The maximum atomic E-state index is 11.3. The molecule has 0 unspecified atom stereocenters. The molecule has 114 valence electrons. The van der Waals surface area contributed by atoms with Crippen molar-refractivity contribution in [3.8, 4) is 0 Å². The van der Waals surface area contributed by atoms with Crippen molar-refractivity contribution in [3.05, 3.63) is 11.1 Å². The number of rotatable bonds is 10. The van der Waals surface area contributed by atoms with Crippen molar-refractivity contribution in [1.82, 2.24) is 4.98 Å². The van der Waals surface area contributed by atoms with Gasteiger partial charge in [0.1, 0.15) is 0 Å². The highest BCUT2D eigenvalue weighted by molar-refractivity contribution is 7.13. The van der Waals surface area contributed by atoms with E-state index < -0.39 is 0 Å². The van der Waals surface area contributed by atoms with Crippen LogP contribution in [0.5, 0.6) is 0 Å². The van der Waals surface area contributed by atoms with Gasteiger partial charge in [-0.2, -0.15) is 0 Å². The van der Waals surface area contributed by atoms with Crippen LogP contribution in [0.25, 0.3) is 0 Å². The fourth-order valence-corrected chi connectivity index (χ4v) is 2.61. The second kappa shape index (κ2) is 9.75. The molecule has 1 heterocycles. The Balaban J connectivity index is 2.17. The van der Waals surface area contributed by atoms with E-state index in [1.807, 2.05) is 12.3 Å². The number of anilines is 1. The summed E-state index contributed by atoms with van der Waals surface area (Å²) in [5, 5.41) is 6.30. The molecule has 0 aromatic carbocycles. The summed E-state index contributed by atoms with van der Waals surface area (Å²) in [4.78, 5) is 15.7. The molecule has 4 nitrogen and oxygen atoms in total. The number of nitrogens with one attached hydrogen (secondary N) is 1. The van der Waals surface area contributed by atoms with Crippen LogP contribution in [0, 0.1) is 5.92 Å². The number of ether oxygens (including phenoxy) is 1. The Hall–Kier alpha value is -1.10. The average molecular weight is 298 g/mol. The average Bonchev–Trinajstić information content (AvgIpc) is 2.84. The summed E-state index contributed by atoms with van der Waals surface area (Å²) >= 11 is 1.60. The van der Waals surface area contributed by atoms with E-state index in [1.165, 1.54) is 19.3 Å². The van der Waals surface area contributed by atoms with Crippen LogP contribution in [0.3, 0.4) is 0 Å². The fraction of sp³-hybridized carbons (Fsp3) is 0.733. The van der Waals surface area contributed by atoms with Gasteiger partial charge in [-0.1, -0.05) is 26.7 Å². The van der Waals surface area contributed by atoms with Crippen LogP contribution in [-0.2, 0) is 16.0 Å². The molecule has 0 amide bonds. The van der Waals surface area contributed by atoms with Gasteiger partial charge in [-0.3, -0.25) is 4.79 Å². The molecule has 0 bridgehead atoms. The first-order valence-corrected chi connectivity index (χ1v) is 8.33. The van der Waals surface area contributed by atoms with Gasteiger partial charge in [0.25, 0.3) is 0 Å². The van der Waals surface area contributed by atoms with Gasteiger partial charge in [-0.15, -0.1) is 11.3 Å². The smallest absolute Gasteiger partial charge is 0.306 e. The van der Waals surface area contributed by atoms with E-state index in [-0.39, 0.29) is 5.97 Å². The van der Waals surface area contributed by atoms with Crippen LogP contribution < -0.4 is 5.32 Å². The van der Waals surface area contributed by atoms with E-state index in [1.54, 1.807) is 11.3 Å². The molecule has 20 heavy (non-hydrogen) atoms. The highest BCUT2D eigenvalue weighted by Crippen LogP contribution is 2.17. The third-order valence-corrected chi connectivity index (χ3v) is 3.78. The lowest BCUT2D eigenvalue weighted by Gasteiger charge is -2.04. The fourth-order valence-electron chi connectivity index (χ4n) is 1.84. The summed E-state index contributed by atoms with van der Waals surface area (Å²) in [7, 11) is 0. The van der Waals surface area contributed by atoms with Crippen LogP contribution in [0.4, 0.5) is 5.13 Å². The second-order valence-electron chi connectivity index (χ2n) is 5.27. The summed E-state index contributed by atoms with van der Waals surface area (Å²) in [6.07, 6.45) is 4.78. The monoisotopic (exact) mass is 298 g/mol. The summed E-state index contributed by atoms with van der Waals surface area (Å²) < 4.78 is 4.90. The molecule has 1 N–H and O–H groups in total. The Morgan fingerprint density at radius 2 is 2.25 bits per heavy atom. The molecule has 1 aromatic rings. The number of unbranched alkanes of at least 4 members (excludes halogenated alkanes) is 1. The van der Waals surface area contributed by atoms with E-state index in [9.17, 15) is 4.79 Å². The molecular weight excluding hydrogens is 272 g/mol. The molecule has 5 heteroatoms. The zero-order valence-corrected chi connectivity index (χ0v) is 13.6. The Labute approximate surface area is 125 Å². The molecule has 0 spiro atoms. The summed E-state index contributed by atoms with van der Waals surface area (Å²) in [5.41, 5.74) is 0.965. The summed E-state index contributed by atoms with van der Waals surface area (Å²) in [6.45, 7) is 7.74. The van der Waals surface area contributed by atoms with Gasteiger partial charge in [-0.25, -0.2) is 4.98 Å². The third kappa shape index (κ3) is 7.48.